The van der Waals surface area contributed by atoms with Gasteiger partial charge in [0.25, 0.3) is 0 Å². The minimum absolute atomic E-state index is 0.0206. The van der Waals surface area contributed by atoms with E-state index in [-0.39, 0.29) is 18.8 Å². The van der Waals surface area contributed by atoms with Gasteiger partial charge in [-0.05, 0) is 12.8 Å². The maximum atomic E-state index is 12.5. The Morgan fingerprint density at radius 1 is 1.36 bits per heavy atom. The van der Waals surface area contributed by atoms with Crippen LogP contribution in [-0.4, -0.2) is 12.5 Å². The highest BCUT2D eigenvalue weighted by Crippen LogP contribution is 2.35. The van der Waals surface area contributed by atoms with E-state index in [4.69, 9.17) is 6.57 Å². The molecule has 1 rings (SSSR count). The molecular formula is C8H11F2N. The molecule has 1 aliphatic rings. The van der Waals surface area contributed by atoms with E-state index in [0.717, 1.165) is 0 Å². The van der Waals surface area contributed by atoms with Crippen LogP contribution in [0.2, 0.25) is 0 Å². The first-order valence-corrected chi connectivity index (χ1v) is 3.85. The Morgan fingerprint density at radius 2 is 1.91 bits per heavy atom. The summed E-state index contributed by atoms with van der Waals surface area (Å²) in [5.74, 6) is -2.22. The fourth-order valence-electron chi connectivity index (χ4n) is 1.41. The molecule has 1 fully saturated rings. The molecule has 0 N–H and O–H groups in total. The molecule has 3 heteroatoms. The van der Waals surface area contributed by atoms with Crippen molar-refractivity contribution in [2.45, 2.75) is 31.6 Å². The van der Waals surface area contributed by atoms with Crippen LogP contribution in [0.25, 0.3) is 4.85 Å². The highest BCUT2D eigenvalue weighted by molar-refractivity contribution is 4.81. The van der Waals surface area contributed by atoms with Crippen molar-refractivity contribution < 1.29 is 8.78 Å². The minimum Gasteiger partial charge on any atom is -0.317 e. The summed E-state index contributed by atoms with van der Waals surface area (Å²) in [6, 6.07) is 0. The third-order valence-corrected chi connectivity index (χ3v) is 2.19. The molecular weight excluding hydrogens is 148 g/mol. The Hall–Kier alpha value is -0.650. The molecule has 1 aliphatic carbocycles. The SMILES string of the molecule is [C-]#[N+]CC1CCC(F)(F)CC1. The predicted octanol–water partition coefficient (Wildman–Crippen LogP) is 2.73. The Morgan fingerprint density at radius 3 is 2.36 bits per heavy atom. The quantitative estimate of drug-likeness (QED) is 0.518. The van der Waals surface area contributed by atoms with Gasteiger partial charge in [0.15, 0.2) is 0 Å². The molecule has 0 aromatic carbocycles. The Bertz CT molecular complexity index is 161. The van der Waals surface area contributed by atoms with Gasteiger partial charge in [-0.25, -0.2) is 15.4 Å². The normalized spacial score (nSPS) is 24.5. The van der Waals surface area contributed by atoms with Gasteiger partial charge in [-0.3, -0.25) is 0 Å². The molecule has 0 radical (unpaired) electrons. The summed E-state index contributed by atoms with van der Waals surface area (Å²) >= 11 is 0. The minimum atomic E-state index is -2.45. The molecule has 0 atom stereocenters. The van der Waals surface area contributed by atoms with Crippen molar-refractivity contribution in [3.63, 3.8) is 0 Å². The largest absolute Gasteiger partial charge is 0.317 e. The lowest BCUT2D eigenvalue weighted by Gasteiger charge is -2.25. The summed E-state index contributed by atoms with van der Waals surface area (Å²) in [5, 5.41) is 0. The summed E-state index contributed by atoms with van der Waals surface area (Å²) in [5.41, 5.74) is 0. The Labute approximate surface area is 65.2 Å². The monoisotopic (exact) mass is 159 g/mol. The summed E-state index contributed by atoms with van der Waals surface area (Å²) in [6.07, 6.45) is 1.01. The Balaban J connectivity index is 2.32. The van der Waals surface area contributed by atoms with E-state index in [0.29, 0.717) is 19.4 Å². The molecule has 1 nitrogen and oxygen atoms in total. The summed E-state index contributed by atoms with van der Waals surface area (Å²) in [7, 11) is 0. The zero-order chi connectivity index (χ0) is 8.32. The van der Waals surface area contributed by atoms with Crippen molar-refractivity contribution in [3.8, 4) is 0 Å². The van der Waals surface area contributed by atoms with Crippen LogP contribution in [0.15, 0.2) is 0 Å². The zero-order valence-electron chi connectivity index (χ0n) is 6.32. The van der Waals surface area contributed by atoms with Gasteiger partial charge in [-0.2, -0.15) is 0 Å². The molecule has 0 aromatic heterocycles. The molecule has 0 aromatic rings. The third kappa shape index (κ3) is 2.45. The van der Waals surface area contributed by atoms with E-state index >= 15 is 0 Å². The third-order valence-electron chi connectivity index (χ3n) is 2.19. The second-order valence-electron chi connectivity index (χ2n) is 3.14. The van der Waals surface area contributed by atoms with Crippen LogP contribution in [0.5, 0.6) is 0 Å². The second-order valence-corrected chi connectivity index (χ2v) is 3.14. The summed E-state index contributed by atoms with van der Waals surface area (Å²) in [6.45, 7) is 7.00. The first kappa shape index (κ1) is 8.45. The van der Waals surface area contributed by atoms with E-state index in [1.807, 2.05) is 0 Å². The fourth-order valence-corrected chi connectivity index (χ4v) is 1.41. The lowest BCUT2D eigenvalue weighted by molar-refractivity contribution is -0.0440. The molecule has 0 amide bonds. The molecule has 0 saturated heterocycles. The van der Waals surface area contributed by atoms with Gasteiger partial charge in [0, 0.05) is 18.8 Å². The number of halogens is 2. The van der Waals surface area contributed by atoms with Crippen molar-refractivity contribution in [3.05, 3.63) is 11.4 Å². The highest BCUT2D eigenvalue weighted by atomic mass is 19.3. The molecule has 11 heavy (non-hydrogen) atoms. The van der Waals surface area contributed by atoms with Crippen LogP contribution < -0.4 is 0 Å². The van der Waals surface area contributed by atoms with Crippen LogP contribution in [0.3, 0.4) is 0 Å². The lowest BCUT2D eigenvalue weighted by atomic mass is 9.87. The average molecular weight is 159 g/mol. The van der Waals surface area contributed by atoms with Crippen molar-refractivity contribution >= 4 is 0 Å². The van der Waals surface area contributed by atoms with Crippen LogP contribution in [-0.2, 0) is 0 Å². The van der Waals surface area contributed by atoms with Crippen LogP contribution in [0.4, 0.5) is 8.78 Å². The van der Waals surface area contributed by atoms with Gasteiger partial charge in [0.05, 0.1) is 0 Å². The number of hydrogen-bond acceptors (Lipinski definition) is 0. The van der Waals surface area contributed by atoms with Crippen molar-refractivity contribution in [2.24, 2.45) is 5.92 Å². The summed E-state index contributed by atoms with van der Waals surface area (Å²) < 4.78 is 25.1. The molecule has 0 heterocycles. The molecule has 1 saturated carbocycles. The zero-order valence-corrected chi connectivity index (χ0v) is 6.32. The van der Waals surface area contributed by atoms with Gasteiger partial charge in [0.2, 0.25) is 12.5 Å². The topological polar surface area (TPSA) is 4.36 Å². The highest BCUT2D eigenvalue weighted by Gasteiger charge is 2.35. The van der Waals surface area contributed by atoms with Crippen molar-refractivity contribution in [1.82, 2.24) is 0 Å². The van der Waals surface area contributed by atoms with Crippen molar-refractivity contribution in [2.75, 3.05) is 6.54 Å². The molecule has 0 bridgehead atoms. The number of alkyl halides is 2. The van der Waals surface area contributed by atoms with Crippen LogP contribution >= 0.6 is 0 Å². The molecule has 62 valence electrons. The van der Waals surface area contributed by atoms with Gasteiger partial charge in [-0.15, -0.1) is 0 Å². The predicted molar refractivity (Wildman–Crippen MR) is 38.4 cm³/mol. The first-order valence-electron chi connectivity index (χ1n) is 3.85. The number of rotatable bonds is 1. The molecule has 0 spiro atoms. The first-order chi connectivity index (χ1) is 5.14. The molecule has 0 unspecified atom stereocenters. The van der Waals surface area contributed by atoms with E-state index in [1.165, 1.54) is 0 Å². The van der Waals surface area contributed by atoms with Crippen LogP contribution in [0.1, 0.15) is 25.7 Å². The smallest absolute Gasteiger partial charge is 0.248 e. The number of hydrogen-bond donors (Lipinski definition) is 0. The van der Waals surface area contributed by atoms with Gasteiger partial charge >= 0.3 is 0 Å². The second kappa shape index (κ2) is 3.17. The van der Waals surface area contributed by atoms with Gasteiger partial charge in [-0.1, -0.05) is 0 Å². The summed E-state index contributed by atoms with van der Waals surface area (Å²) in [4.78, 5) is 3.21. The maximum Gasteiger partial charge on any atom is 0.248 e. The maximum absolute atomic E-state index is 12.5. The average Bonchev–Trinajstić information content (AvgIpc) is 1.94. The Kier molecular flexibility index (Phi) is 2.43. The molecule has 0 aliphatic heterocycles. The van der Waals surface area contributed by atoms with E-state index in [9.17, 15) is 8.78 Å². The van der Waals surface area contributed by atoms with Crippen molar-refractivity contribution in [1.29, 1.82) is 0 Å². The van der Waals surface area contributed by atoms with Crippen LogP contribution in [0, 0.1) is 12.5 Å². The van der Waals surface area contributed by atoms with Gasteiger partial charge < -0.3 is 4.85 Å². The van der Waals surface area contributed by atoms with E-state index < -0.39 is 5.92 Å². The lowest BCUT2D eigenvalue weighted by Crippen LogP contribution is -2.25. The standard InChI is InChI=1S/C8H11F2N/c1-11-6-7-2-4-8(9,10)5-3-7/h7H,2-6H2. The van der Waals surface area contributed by atoms with E-state index in [1.54, 1.807) is 0 Å². The number of nitrogens with zero attached hydrogens (tertiary/aromatic N) is 1. The fraction of sp³-hybridized carbons (Fsp3) is 0.875. The van der Waals surface area contributed by atoms with E-state index in [2.05, 4.69) is 4.85 Å². The van der Waals surface area contributed by atoms with Gasteiger partial charge in [0.1, 0.15) is 0 Å².